The van der Waals surface area contributed by atoms with E-state index in [-0.39, 0.29) is 17.6 Å². The molecule has 0 saturated carbocycles. The normalized spacial score (nSPS) is 11.9. The highest BCUT2D eigenvalue weighted by atomic mass is 32.2. The van der Waals surface area contributed by atoms with Gasteiger partial charge < -0.3 is 10.0 Å². The molecule has 0 fully saturated rings. The molecule has 1 aromatic carbocycles. The molecular formula is C16H23NO3S. The predicted molar refractivity (Wildman–Crippen MR) is 86.3 cm³/mol. The Morgan fingerprint density at radius 1 is 1.29 bits per heavy atom. The van der Waals surface area contributed by atoms with Gasteiger partial charge in [0.15, 0.2) is 0 Å². The van der Waals surface area contributed by atoms with E-state index in [1.165, 1.54) is 0 Å². The fraction of sp³-hybridized carbons (Fsp3) is 0.500. The summed E-state index contributed by atoms with van der Waals surface area (Å²) in [4.78, 5) is 24.8. The highest BCUT2D eigenvalue weighted by Crippen LogP contribution is 2.14. The van der Waals surface area contributed by atoms with Gasteiger partial charge in [-0.05, 0) is 18.2 Å². The van der Waals surface area contributed by atoms with E-state index in [0.717, 1.165) is 5.56 Å². The van der Waals surface area contributed by atoms with Gasteiger partial charge in [0.25, 0.3) is 0 Å². The third-order valence-electron chi connectivity index (χ3n) is 3.25. The molecule has 1 atom stereocenters. The zero-order valence-corrected chi connectivity index (χ0v) is 13.4. The minimum absolute atomic E-state index is 0.0890. The first kappa shape index (κ1) is 17.6. The molecule has 4 nitrogen and oxygen atoms in total. The van der Waals surface area contributed by atoms with Crippen molar-refractivity contribution in [2.45, 2.75) is 38.0 Å². The van der Waals surface area contributed by atoms with Gasteiger partial charge >= 0.3 is 5.97 Å². The number of amides is 1. The molecule has 21 heavy (non-hydrogen) atoms. The number of benzene rings is 1. The molecule has 1 amide bonds. The molecular weight excluding hydrogens is 286 g/mol. The van der Waals surface area contributed by atoms with Gasteiger partial charge in [0.05, 0.1) is 0 Å². The zero-order chi connectivity index (χ0) is 15.7. The number of aliphatic carboxylic acids is 1. The SMILES string of the molecule is CSC(C)CC(=O)N(CCCC(=O)O)Cc1ccccc1. The van der Waals surface area contributed by atoms with Crippen LogP contribution in [0.5, 0.6) is 0 Å². The quantitative estimate of drug-likeness (QED) is 0.762. The Kier molecular flexibility index (Phi) is 7.90. The van der Waals surface area contributed by atoms with E-state index in [1.54, 1.807) is 16.7 Å². The Morgan fingerprint density at radius 3 is 2.52 bits per heavy atom. The second-order valence-corrected chi connectivity index (χ2v) is 6.32. The van der Waals surface area contributed by atoms with Gasteiger partial charge in [0.2, 0.25) is 5.91 Å². The van der Waals surface area contributed by atoms with Gasteiger partial charge in [-0.1, -0.05) is 37.3 Å². The molecule has 1 unspecified atom stereocenters. The Morgan fingerprint density at radius 2 is 1.95 bits per heavy atom. The van der Waals surface area contributed by atoms with Crippen LogP contribution in [-0.2, 0) is 16.1 Å². The van der Waals surface area contributed by atoms with Crippen molar-refractivity contribution in [1.29, 1.82) is 0 Å². The maximum absolute atomic E-state index is 12.4. The predicted octanol–water partition coefficient (Wildman–Crippen LogP) is 3.02. The lowest BCUT2D eigenvalue weighted by Gasteiger charge is -2.24. The van der Waals surface area contributed by atoms with Crippen molar-refractivity contribution in [3.63, 3.8) is 0 Å². The van der Waals surface area contributed by atoms with Gasteiger partial charge in [-0.3, -0.25) is 9.59 Å². The number of carboxylic acids is 1. The van der Waals surface area contributed by atoms with E-state index in [1.807, 2.05) is 43.5 Å². The second kappa shape index (κ2) is 9.45. The summed E-state index contributed by atoms with van der Waals surface area (Å²) in [5.41, 5.74) is 1.07. The van der Waals surface area contributed by atoms with Crippen LogP contribution in [0.4, 0.5) is 0 Å². The van der Waals surface area contributed by atoms with E-state index in [4.69, 9.17) is 5.11 Å². The smallest absolute Gasteiger partial charge is 0.303 e. The number of carbonyl (C=O) groups is 2. The number of thioether (sulfide) groups is 1. The maximum atomic E-state index is 12.4. The summed E-state index contributed by atoms with van der Waals surface area (Å²) in [7, 11) is 0. The van der Waals surface area contributed by atoms with Crippen LogP contribution in [0.2, 0.25) is 0 Å². The van der Waals surface area contributed by atoms with Gasteiger partial charge in [-0.15, -0.1) is 0 Å². The van der Waals surface area contributed by atoms with Crippen LogP contribution in [0.15, 0.2) is 30.3 Å². The van der Waals surface area contributed by atoms with Crippen molar-refractivity contribution < 1.29 is 14.7 Å². The Labute approximate surface area is 130 Å². The van der Waals surface area contributed by atoms with Crippen LogP contribution in [0, 0.1) is 0 Å². The third-order valence-corrected chi connectivity index (χ3v) is 4.22. The maximum Gasteiger partial charge on any atom is 0.303 e. The average Bonchev–Trinajstić information content (AvgIpc) is 2.46. The molecule has 1 N–H and O–H groups in total. The van der Waals surface area contributed by atoms with E-state index in [0.29, 0.717) is 25.9 Å². The topological polar surface area (TPSA) is 57.6 Å². The monoisotopic (exact) mass is 309 g/mol. The number of rotatable bonds is 9. The fourth-order valence-electron chi connectivity index (χ4n) is 1.98. The summed E-state index contributed by atoms with van der Waals surface area (Å²) < 4.78 is 0. The van der Waals surface area contributed by atoms with E-state index in [2.05, 4.69) is 0 Å². The summed E-state index contributed by atoms with van der Waals surface area (Å²) in [5, 5.41) is 9.00. The first-order valence-electron chi connectivity index (χ1n) is 7.09. The van der Waals surface area contributed by atoms with E-state index >= 15 is 0 Å². The van der Waals surface area contributed by atoms with Crippen molar-refractivity contribution in [3.8, 4) is 0 Å². The van der Waals surface area contributed by atoms with Gasteiger partial charge in [0, 0.05) is 31.2 Å². The highest BCUT2D eigenvalue weighted by molar-refractivity contribution is 7.99. The zero-order valence-electron chi connectivity index (χ0n) is 12.6. The summed E-state index contributed by atoms with van der Waals surface area (Å²) in [6.45, 7) is 3.06. The van der Waals surface area contributed by atoms with Crippen LogP contribution < -0.4 is 0 Å². The molecule has 0 heterocycles. The van der Waals surface area contributed by atoms with E-state index < -0.39 is 5.97 Å². The van der Waals surface area contributed by atoms with Crippen LogP contribution in [0.1, 0.15) is 31.7 Å². The standard InChI is InChI=1S/C16H23NO3S/c1-13(21-2)11-15(18)17(10-6-9-16(19)20)12-14-7-4-3-5-8-14/h3-5,7-8,13H,6,9-12H2,1-2H3,(H,19,20). The molecule has 0 radical (unpaired) electrons. The summed E-state index contributed by atoms with van der Waals surface area (Å²) in [6.07, 6.45) is 3.06. The van der Waals surface area contributed by atoms with Crippen molar-refractivity contribution in [3.05, 3.63) is 35.9 Å². The highest BCUT2D eigenvalue weighted by Gasteiger charge is 2.16. The van der Waals surface area contributed by atoms with Crippen molar-refractivity contribution in [1.82, 2.24) is 4.90 Å². The van der Waals surface area contributed by atoms with E-state index in [9.17, 15) is 9.59 Å². The lowest BCUT2D eigenvalue weighted by Crippen LogP contribution is -2.33. The molecule has 0 aliphatic rings. The van der Waals surface area contributed by atoms with Gasteiger partial charge in [-0.2, -0.15) is 11.8 Å². The van der Waals surface area contributed by atoms with Gasteiger partial charge in [0.1, 0.15) is 0 Å². The molecule has 1 rings (SSSR count). The number of carbonyl (C=O) groups excluding carboxylic acids is 1. The average molecular weight is 309 g/mol. The molecule has 0 saturated heterocycles. The van der Waals surface area contributed by atoms with Crippen molar-refractivity contribution in [2.24, 2.45) is 0 Å². The number of hydrogen-bond acceptors (Lipinski definition) is 3. The third kappa shape index (κ3) is 7.18. The Hall–Kier alpha value is -1.49. The molecule has 5 heteroatoms. The summed E-state index contributed by atoms with van der Waals surface area (Å²) in [5.74, 6) is -0.731. The summed E-state index contributed by atoms with van der Waals surface area (Å²) >= 11 is 1.66. The molecule has 0 aliphatic carbocycles. The van der Waals surface area contributed by atoms with Crippen molar-refractivity contribution in [2.75, 3.05) is 12.8 Å². The number of hydrogen-bond donors (Lipinski definition) is 1. The first-order valence-corrected chi connectivity index (χ1v) is 8.38. The lowest BCUT2D eigenvalue weighted by molar-refractivity contribution is -0.138. The first-order chi connectivity index (χ1) is 10.0. The molecule has 0 aliphatic heterocycles. The Balaban J connectivity index is 2.64. The second-order valence-electron chi connectivity index (χ2n) is 5.05. The molecule has 1 aromatic rings. The van der Waals surface area contributed by atoms with Crippen LogP contribution >= 0.6 is 11.8 Å². The van der Waals surface area contributed by atoms with Crippen LogP contribution in [0.3, 0.4) is 0 Å². The largest absolute Gasteiger partial charge is 0.481 e. The molecule has 116 valence electrons. The van der Waals surface area contributed by atoms with Crippen LogP contribution in [0.25, 0.3) is 0 Å². The number of nitrogens with zero attached hydrogens (tertiary/aromatic N) is 1. The molecule has 0 spiro atoms. The van der Waals surface area contributed by atoms with Crippen molar-refractivity contribution >= 4 is 23.6 Å². The summed E-state index contributed by atoms with van der Waals surface area (Å²) in [6, 6.07) is 9.79. The lowest BCUT2D eigenvalue weighted by atomic mass is 10.2. The minimum Gasteiger partial charge on any atom is -0.481 e. The number of carboxylic acid groups (broad SMARTS) is 1. The molecule has 0 bridgehead atoms. The Bertz CT molecular complexity index is 450. The fourth-order valence-corrected chi connectivity index (χ4v) is 2.28. The van der Waals surface area contributed by atoms with Crippen LogP contribution in [-0.4, -0.2) is 39.9 Å². The minimum atomic E-state index is -0.820. The molecule has 0 aromatic heterocycles. The van der Waals surface area contributed by atoms with Gasteiger partial charge in [-0.25, -0.2) is 0 Å².